The molecule has 1 unspecified atom stereocenters. The van der Waals surface area contributed by atoms with E-state index in [4.69, 9.17) is 10.5 Å². The second kappa shape index (κ2) is 7.65. The second-order valence-corrected chi connectivity index (χ2v) is 6.00. The number of hydrogen-bond donors (Lipinski definition) is 1. The molecule has 108 valence electrons. The SMILES string of the molecule is CC(=O)OC[C@@H]1CCC(=O)[C@H]1CSCC(N)C(C)=O. The molecule has 1 aliphatic rings. The van der Waals surface area contributed by atoms with E-state index in [9.17, 15) is 14.4 Å². The van der Waals surface area contributed by atoms with Gasteiger partial charge >= 0.3 is 5.97 Å². The predicted molar refractivity (Wildman–Crippen MR) is 73.8 cm³/mol. The molecule has 0 aliphatic heterocycles. The second-order valence-electron chi connectivity index (χ2n) is 4.93. The van der Waals surface area contributed by atoms with Crippen molar-refractivity contribution in [3.63, 3.8) is 0 Å². The monoisotopic (exact) mass is 287 g/mol. The third-order valence-electron chi connectivity index (χ3n) is 3.36. The Kier molecular flexibility index (Phi) is 6.51. The minimum atomic E-state index is -0.464. The Labute approximate surface area is 117 Å². The van der Waals surface area contributed by atoms with Crippen LogP contribution in [0.4, 0.5) is 0 Å². The molecule has 0 aromatic heterocycles. The van der Waals surface area contributed by atoms with Crippen LogP contribution in [-0.4, -0.2) is 41.7 Å². The van der Waals surface area contributed by atoms with Crippen LogP contribution in [0.3, 0.4) is 0 Å². The van der Waals surface area contributed by atoms with Crippen molar-refractivity contribution in [3.8, 4) is 0 Å². The summed E-state index contributed by atoms with van der Waals surface area (Å²) in [5.74, 6) is 1.07. The number of carbonyl (C=O) groups excluding carboxylic acids is 3. The van der Waals surface area contributed by atoms with Gasteiger partial charge in [-0.25, -0.2) is 0 Å². The third-order valence-corrected chi connectivity index (χ3v) is 4.55. The fraction of sp³-hybridized carbons (Fsp3) is 0.769. The minimum absolute atomic E-state index is 0.0401. The van der Waals surface area contributed by atoms with Crippen LogP contribution >= 0.6 is 11.8 Å². The first-order valence-corrected chi connectivity index (χ1v) is 7.57. The van der Waals surface area contributed by atoms with Gasteiger partial charge in [0.05, 0.1) is 12.6 Å². The highest BCUT2D eigenvalue weighted by Crippen LogP contribution is 2.31. The first-order chi connectivity index (χ1) is 8.91. The summed E-state index contributed by atoms with van der Waals surface area (Å²) >= 11 is 1.52. The molecule has 1 fully saturated rings. The Morgan fingerprint density at radius 2 is 2.16 bits per heavy atom. The molecule has 0 aromatic rings. The number of thioether (sulfide) groups is 1. The average Bonchev–Trinajstić information content (AvgIpc) is 2.68. The van der Waals surface area contributed by atoms with Crippen molar-refractivity contribution in [1.29, 1.82) is 0 Å². The van der Waals surface area contributed by atoms with Gasteiger partial charge in [-0.2, -0.15) is 11.8 Å². The lowest BCUT2D eigenvalue weighted by Crippen LogP contribution is -2.31. The standard InChI is InChI=1S/C13H21NO4S/c1-8(15)12(14)7-19-6-11-10(3-4-13(11)17)5-18-9(2)16/h10-12H,3-7,14H2,1-2H3/t10-,11-,12?/m0/s1. The Balaban J connectivity index is 2.38. The van der Waals surface area contributed by atoms with Crippen LogP contribution in [0.2, 0.25) is 0 Å². The fourth-order valence-electron chi connectivity index (χ4n) is 2.07. The van der Waals surface area contributed by atoms with Crippen LogP contribution in [0.25, 0.3) is 0 Å². The van der Waals surface area contributed by atoms with E-state index < -0.39 is 6.04 Å². The number of Topliss-reactive ketones (excluding diaryl/α,β-unsaturated/α-hetero) is 2. The first-order valence-electron chi connectivity index (χ1n) is 6.41. The number of carbonyl (C=O) groups is 3. The summed E-state index contributed by atoms with van der Waals surface area (Å²) in [5, 5.41) is 0. The molecule has 19 heavy (non-hydrogen) atoms. The van der Waals surface area contributed by atoms with Crippen LogP contribution in [0.5, 0.6) is 0 Å². The van der Waals surface area contributed by atoms with Crippen LogP contribution in [-0.2, 0) is 19.1 Å². The molecule has 0 radical (unpaired) electrons. The van der Waals surface area contributed by atoms with Crippen molar-refractivity contribution in [2.45, 2.75) is 32.7 Å². The molecule has 6 heteroatoms. The fourth-order valence-corrected chi connectivity index (χ4v) is 3.41. The van der Waals surface area contributed by atoms with Crippen molar-refractivity contribution < 1.29 is 19.1 Å². The molecule has 0 aromatic carbocycles. The number of ketones is 2. The zero-order chi connectivity index (χ0) is 14.4. The number of nitrogens with two attached hydrogens (primary N) is 1. The van der Waals surface area contributed by atoms with Gasteiger partial charge < -0.3 is 10.5 Å². The van der Waals surface area contributed by atoms with Gasteiger partial charge in [-0.1, -0.05) is 0 Å². The maximum atomic E-state index is 11.8. The van der Waals surface area contributed by atoms with Crippen molar-refractivity contribution >= 4 is 29.3 Å². The van der Waals surface area contributed by atoms with Crippen molar-refractivity contribution in [1.82, 2.24) is 0 Å². The maximum Gasteiger partial charge on any atom is 0.302 e. The predicted octanol–water partition coefficient (Wildman–Crippen LogP) is 0.794. The van der Waals surface area contributed by atoms with E-state index in [-0.39, 0.29) is 29.4 Å². The van der Waals surface area contributed by atoms with Gasteiger partial charge in [0.2, 0.25) is 0 Å². The molecule has 0 heterocycles. The molecule has 5 nitrogen and oxygen atoms in total. The highest BCUT2D eigenvalue weighted by atomic mass is 32.2. The summed E-state index contributed by atoms with van der Waals surface area (Å²) in [5.41, 5.74) is 5.64. The molecule has 2 N–H and O–H groups in total. The summed E-state index contributed by atoms with van der Waals surface area (Å²) in [7, 11) is 0. The molecule has 0 amide bonds. The number of esters is 1. The molecule has 1 aliphatic carbocycles. The van der Waals surface area contributed by atoms with Crippen LogP contribution in [0.1, 0.15) is 26.7 Å². The summed E-state index contributed by atoms with van der Waals surface area (Å²) in [6.45, 7) is 3.15. The van der Waals surface area contributed by atoms with Crippen molar-refractivity contribution in [2.24, 2.45) is 17.6 Å². The van der Waals surface area contributed by atoms with E-state index >= 15 is 0 Å². The smallest absolute Gasteiger partial charge is 0.302 e. The molecule has 0 bridgehead atoms. The van der Waals surface area contributed by atoms with Crippen LogP contribution in [0, 0.1) is 11.8 Å². The summed E-state index contributed by atoms with van der Waals surface area (Å²) in [4.78, 5) is 33.6. The van der Waals surface area contributed by atoms with Gasteiger partial charge in [-0.3, -0.25) is 14.4 Å². The molecular weight excluding hydrogens is 266 g/mol. The highest BCUT2D eigenvalue weighted by molar-refractivity contribution is 7.99. The maximum absolute atomic E-state index is 11.8. The van der Waals surface area contributed by atoms with Gasteiger partial charge in [-0.15, -0.1) is 0 Å². The summed E-state index contributed by atoms with van der Waals surface area (Å²) in [6, 6.07) is -0.464. The normalized spacial score (nSPS) is 24.3. The number of hydrogen-bond acceptors (Lipinski definition) is 6. The summed E-state index contributed by atoms with van der Waals surface area (Å²) in [6.07, 6.45) is 1.33. The first kappa shape index (κ1) is 16.2. The molecular formula is C13H21NO4S. The Bertz CT molecular complexity index is 359. The lowest BCUT2D eigenvalue weighted by molar-refractivity contribution is -0.143. The largest absolute Gasteiger partial charge is 0.466 e. The molecule has 1 rings (SSSR count). The molecule has 0 saturated heterocycles. The lowest BCUT2D eigenvalue weighted by Gasteiger charge is -2.18. The number of rotatable bonds is 7. The minimum Gasteiger partial charge on any atom is -0.466 e. The Morgan fingerprint density at radius 3 is 2.74 bits per heavy atom. The van der Waals surface area contributed by atoms with E-state index in [2.05, 4.69) is 0 Å². The van der Waals surface area contributed by atoms with Gasteiger partial charge in [0, 0.05) is 36.7 Å². The van der Waals surface area contributed by atoms with E-state index in [0.29, 0.717) is 24.5 Å². The zero-order valence-corrected chi connectivity index (χ0v) is 12.2. The Hall–Kier alpha value is -0.880. The molecule has 0 spiro atoms. The van der Waals surface area contributed by atoms with Crippen LogP contribution in [0.15, 0.2) is 0 Å². The summed E-state index contributed by atoms with van der Waals surface area (Å²) < 4.78 is 4.99. The quantitative estimate of drug-likeness (QED) is 0.697. The molecule has 1 saturated carbocycles. The highest BCUT2D eigenvalue weighted by Gasteiger charge is 2.35. The van der Waals surface area contributed by atoms with E-state index in [1.54, 1.807) is 0 Å². The van der Waals surface area contributed by atoms with Crippen molar-refractivity contribution in [3.05, 3.63) is 0 Å². The average molecular weight is 287 g/mol. The van der Waals surface area contributed by atoms with E-state index in [1.165, 1.54) is 25.6 Å². The lowest BCUT2D eigenvalue weighted by atomic mass is 9.98. The van der Waals surface area contributed by atoms with Gasteiger partial charge in [0.25, 0.3) is 0 Å². The van der Waals surface area contributed by atoms with E-state index in [1.807, 2.05) is 0 Å². The zero-order valence-electron chi connectivity index (χ0n) is 11.4. The van der Waals surface area contributed by atoms with Gasteiger partial charge in [0.1, 0.15) is 11.6 Å². The third kappa shape index (κ3) is 5.32. The van der Waals surface area contributed by atoms with Crippen molar-refractivity contribution in [2.75, 3.05) is 18.1 Å². The van der Waals surface area contributed by atoms with Gasteiger partial charge in [-0.05, 0) is 13.3 Å². The van der Waals surface area contributed by atoms with Crippen LogP contribution < -0.4 is 5.73 Å². The topological polar surface area (TPSA) is 86.5 Å². The van der Waals surface area contributed by atoms with Gasteiger partial charge in [0.15, 0.2) is 0 Å². The molecule has 3 atom stereocenters. The Morgan fingerprint density at radius 1 is 1.47 bits per heavy atom. The van der Waals surface area contributed by atoms with E-state index in [0.717, 1.165) is 6.42 Å². The number of ether oxygens (including phenoxy) is 1.